The maximum absolute atomic E-state index is 12.2. The van der Waals surface area contributed by atoms with Gasteiger partial charge in [0.25, 0.3) is 5.91 Å². The molecule has 0 radical (unpaired) electrons. The van der Waals surface area contributed by atoms with Crippen LogP contribution in [0.15, 0.2) is 52.6 Å². The van der Waals surface area contributed by atoms with Gasteiger partial charge in [-0.2, -0.15) is 5.10 Å². The molecule has 0 saturated carbocycles. The van der Waals surface area contributed by atoms with Crippen LogP contribution >= 0.6 is 0 Å². The summed E-state index contributed by atoms with van der Waals surface area (Å²) in [5.74, 6) is -0.195. The maximum atomic E-state index is 12.2. The highest BCUT2D eigenvalue weighted by atomic mass is 32.2. The summed E-state index contributed by atoms with van der Waals surface area (Å²) in [5, 5.41) is 12.1. The number of sulfonamides is 1. The first-order valence-electron chi connectivity index (χ1n) is 15.1. The molecule has 0 spiro atoms. The van der Waals surface area contributed by atoms with Crippen molar-refractivity contribution in [3.8, 4) is 11.4 Å². The molecular formula is C32H42N8O5S. The second kappa shape index (κ2) is 13.9. The number of anilines is 2. The molecule has 0 atom stereocenters. The summed E-state index contributed by atoms with van der Waals surface area (Å²) < 4.78 is 30.5. The highest BCUT2D eigenvalue weighted by Gasteiger charge is 2.35. The zero-order valence-corrected chi connectivity index (χ0v) is 28.4. The number of carbonyl (C=O) groups excluding carboxylic acids is 2. The highest BCUT2D eigenvalue weighted by Crippen LogP contribution is 2.31. The smallest absolute Gasteiger partial charge is 0.308 e. The Morgan fingerprint density at radius 1 is 1.11 bits per heavy atom. The second-order valence-electron chi connectivity index (χ2n) is 12.4. The number of hydrogen-bond donors (Lipinski definition) is 2. The third-order valence-electron chi connectivity index (χ3n) is 7.08. The number of rotatable bonds is 12. The fraction of sp³-hybridized carbons (Fsp3) is 0.438. The van der Waals surface area contributed by atoms with Crippen molar-refractivity contribution in [2.75, 3.05) is 42.7 Å². The van der Waals surface area contributed by atoms with Gasteiger partial charge in [-0.3, -0.25) is 9.59 Å². The summed E-state index contributed by atoms with van der Waals surface area (Å²) >= 11 is 0. The summed E-state index contributed by atoms with van der Waals surface area (Å²) in [6, 6.07) is 13.0. The summed E-state index contributed by atoms with van der Waals surface area (Å²) in [5.41, 5.74) is 5.01. The van der Waals surface area contributed by atoms with E-state index in [-0.39, 0.29) is 17.9 Å². The van der Waals surface area contributed by atoms with Crippen molar-refractivity contribution in [1.29, 1.82) is 0 Å². The zero-order chi connectivity index (χ0) is 33.8. The van der Waals surface area contributed by atoms with E-state index in [1.165, 1.54) is 4.79 Å². The average molecular weight is 651 g/mol. The molecule has 0 saturated heterocycles. The van der Waals surface area contributed by atoms with Gasteiger partial charge in [-0.05, 0) is 61.9 Å². The van der Waals surface area contributed by atoms with Crippen LogP contribution in [-0.2, 0) is 24.3 Å². The molecule has 2 N–H and O–H groups in total. The fourth-order valence-corrected chi connectivity index (χ4v) is 5.08. The molecule has 46 heavy (non-hydrogen) atoms. The number of likely N-dealkylation sites (N-methyl/N-ethyl adjacent to an activating group) is 1. The van der Waals surface area contributed by atoms with Gasteiger partial charge < -0.3 is 15.0 Å². The molecule has 2 heterocycles. The summed E-state index contributed by atoms with van der Waals surface area (Å²) in [7, 11) is -3.26. The first-order chi connectivity index (χ1) is 21.6. The number of carbonyl (C=O) groups is 2. The third-order valence-corrected chi connectivity index (χ3v) is 7.81. The predicted octanol–water partition coefficient (Wildman–Crippen LogP) is 4.15. The van der Waals surface area contributed by atoms with Gasteiger partial charge in [-0.15, -0.1) is 9.89 Å². The van der Waals surface area contributed by atoms with Crippen molar-refractivity contribution < 1.29 is 22.7 Å². The van der Waals surface area contributed by atoms with Crippen LogP contribution in [0, 0.1) is 18.3 Å². The number of amides is 1. The molecule has 3 aromatic rings. The second-order valence-corrected chi connectivity index (χ2v) is 14.2. The Kier molecular flexibility index (Phi) is 10.4. The van der Waals surface area contributed by atoms with E-state index < -0.39 is 21.9 Å². The molecule has 1 amide bonds. The van der Waals surface area contributed by atoms with Gasteiger partial charge in [-0.25, -0.2) is 23.1 Å². The van der Waals surface area contributed by atoms with Gasteiger partial charge in [0.1, 0.15) is 5.71 Å². The maximum Gasteiger partial charge on any atom is 0.308 e. The normalized spacial score (nSPS) is 13.9. The number of aryl methyl sites for hydroxylation is 1. The molecule has 0 aliphatic carbocycles. The lowest BCUT2D eigenvalue weighted by molar-refractivity contribution is -0.150. The van der Waals surface area contributed by atoms with Crippen LogP contribution in [0.4, 0.5) is 17.1 Å². The molecule has 2 aromatic carbocycles. The minimum Gasteiger partial charge on any atom is -0.455 e. The van der Waals surface area contributed by atoms with E-state index in [9.17, 15) is 18.0 Å². The van der Waals surface area contributed by atoms with Crippen LogP contribution in [-0.4, -0.2) is 79.1 Å². The van der Waals surface area contributed by atoms with Crippen LogP contribution in [0.2, 0.25) is 0 Å². The molecule has 0 unspecified atom stereocenters. The Morgan fingerprint density at radius 3 is 2.39 bits per heavy atom. The van der Waals surface area contributed by atoms with Crippen molar-refractivity contribution in [3.63, 3.8) is 0 Å². The molecule has 0 fully saturated rings. The van der Waals surface area contributed by atoms with Gasteiger partial charge in [0.15, 0.2) is 12.4 Å². The molecule has 13 nitrogen and oxygen atoms in total. The topological polar surface area (TPSA) is 160 Å². The largest absolute Gasteiger partial charge is 0.455 e. The van der Waals surface area contributed by atoms with E-state index in [1.54, 1.807) is 38.1 Å². The monoisotopic (exact) mass is 650 g/mol. The first-order valence-corrected chi connectivity index (χ1v) is 17.0. The van der Waals surface area contributed by atoms with Crippen LogP contribution in [0.5, 0.6) is 0 Å². The first kappa shape index (κ1) is 34.4. The van der Waals surface area contributed by atoms with E-state index in [0.717, 1.165) is 34.5 Å². The Morgan fingerprint density at radius 2 is 1.80 bits per heavy atom. The Bertz CT molecular complexity index is 1770. The molecule has 4 rings (SSSR count). The summed E-state index contributed by atoms with van der Waals surface area (Å²) in [6.45, 7) is 14.8. The lowest BCUT2D eigenvalue weighted by Crippen LogP contribution is -2.34. The SMILES string of the molecule is CCN(CCNS(C)(=O)=O)c1ccc(/N=C2/C(C(C)(C)C)=Nn3nc(-c4ccc(NC(=O)COC(=O)C(C)C)cc4)nc32)c(C)c1. The van der Waals surface area contributed by atoms with Crippen molar-refractivity contribution in [1.82, 2.24) is 19.6 Å². The number of aromatic nitrogens is 3. The minimum atomic E-state index is -3.26. The van der Waals surface area contributed by atoms with Gasteiger partial charge in [-0.1, -0.05) is 34.6 Å². The van der Waals surface area contributed by atoms with E-state index in [4.69, 9.17) is 19.8 Å². The number of esters is 1. The number of aliphatic imine (C=N–C) groups is 1. The quantitative estimate of drug-likeness (QED) is 0.277. The standard InChI is InChI=1S/C32H42N8O5S/c1-9-39(17-16-33-46(8,43)44)24-14-15-25(21(4)18-24)35-27-28(32(5,6)7)37-40-30(27)36-29(38-40)22-10-12-23(13-11-22)34-26(41)19-45-31(42)20(2)3/h10-15,18,20,33H,9,16-17,19H2,1-8H3,(H,34,41)/b35-27-. The zero-order valence-electron chi connectivity index (χ0n) is 27.6. The highest BCUT2D eigenvalue weighted by molar-refractivity contribution is 7.88. The number of benzene rings is 2. The Balaban J connectivity index is 1.56. The summed E-state index contributed by atoms with van der Waals surface area (Å²) in [4.78, 5) is 37.2. The number of nitrogens with zero attached hydrogens (tertiary/aromatic N) is 6. The minimum absolute atomic E-state index is 0.309. The molecule has 1 aromatic heterocycles. The number of ether oxygens (including phenoxy) is 1. The lowest BCUT2D eigenvalue weighted by atomic mass is 9.87. The average Bonchev–Trinajstić information content (AvgIpc) is 3.54. The summed E-state index contributed by atoms with van der Waals surface area (Å²) in [6.07, 6.45) is 1.15. The Hall–Kier alpha value is -4.43. The fourth-order valence-electron chi connectivity index (χ4n) is 4.62. The van der Waals surface area contributed by atoms with Crippen molar-refractivity contribution >= 4 is 50.4 Å². The molecule has 1 aliphatic heterocycles. The van der Waals surface area contributed by atoms with E-state index in [0.29, 0.717) is 42.7 Å². The molecular weight excluding hydrogens is 608 g/mol. The van der Waals surface area contributed by atoms with Gasteiger partial charge in [0, 0.05) is 42.0 Å². The van der Waals surface area contributed by atoms with Crippen molar-refractivity contribution in [3.05, 3.63) is 53.9 Å². The van der Waals surface area contributed by atoms with Crippen LogP contribution in [0.1, 0.15) is 52.9 Å². The lowest BCUT2D eigenvalue weighted by Gasteiger charge is -2.24. The molecule has 14 heteroatoms. The van der Waals surface area contributed by atoms with Gasteiger partial charge in [0.05, 0.1) is 23.6 Å². The number of hydrogen-bond acceptors (Lipinski definition) is 10. The van der Waals surface area contributed by atoms with Gasteiger partial charge >= 0.3 is 5.97 Å². The van der Waals surface area contributed by atoms with Crippen LogP contribution in [0.25, 0.3) is 11.4 Å². The van der Waals surface area contributed by atoms with Crippen LogP contribution < -0.4 is 14.9 Å². The van der Waals surface area contributed by atoms with Crippen LogP contribution in [0.3, 0.4) is 0 Å². The van der Waals surface area contributed by atoms with E-state index in [1.807, 2.05) is 32.0 Å². The number of fused-ring (bicyclic) bond motifs is 1. The molecule has 246 valence electrons. The third kappa shape index (κ3) is 8.63. The predicted molar refractivity (Wildman–Crippen MR) is 180 cm³/mol. The van der Waals surface area contributed by atoms with E-state index in [2.05, 4.69) is 40.8 Å². The van der Waals surface area contributed by atoms with Crippen molar-refractivity contribution in [2.24, 2.45) is 21.4 Å². The molecule has 0 bridgehead atoms. The van der Waals surface area contributed by atoms with E-state index >= 15 is 0 Å². The molecule has 1 aliphatic rings. The Labute approximate surface area is 270 Å². The number of nitrogens with one attached hydrogen (secondary N) is 2. The van der Waals surface area contributed by atoms with Crippen molar-refractivity contribution in [2.45, 2.75) is 48.5 Å². The van der Waals surface area contributed by atoms with Gasteiger partial charge in [0.2, 0.25) is 15.8 Å².